The zero-order valence-electron chi connectivity index (χ0n) is 20.6. The molecule has 1 heterocycles. The Morgan fingerprint density at radius 3 is 2.00 bits per heavy atom. The monoisotopic (exact) mass is 582 g/mol. The molecule has 40 heavy (non-hydrogen) atoms. The number of aliphatic carboxylic acids is 2. The van der Waals surface area contributed by atoms with Crippen LogP contribution >= 0.6 is 11.6 Å². The Bertz CT molecular complexity index is 1360. The SMILES string of the molecule is CNC(=O)c1cc(Oc2ccc(NC(=O)Nc3ccc(Cl)c(C(F)(F)F)c3)cc2)ccn1.O=C(O)CCC(=O)O. The molecule has 3 aromatic rings. The largest absolute Gasteiger partial charge is 0.481 e. The first-order valence-electron chi connectivity index (χ1n) is 11.1. The molecule has 5 N–H and O–H groups in total. The van der Waals surface area contributed by atoms with E-state index in [1.807, 2.05) is 0 Å². The maximum absolute atomic E-state index is 12.9. The van der Waals surface area contributed by atoms with Crippen LogP contribution in [0.4, 0.5) is 29.3 Å². The lowest BCUT2D eigenvalue weighted by atomic mass is 10.2. The van der Waals surface area contributed by atoms with Gasteiger partial charge in [0.05, 0.1) is 23.4 Å². The number of hydrogen-bond donors (Lipinski definition) is 5. The molecule has 0 bridgehead atoms. The van der Waals surface area contributed by atoms with Crippen LogP contribution in [0.2, 0.25) is 5.02 Å². The predicted molar refractivity (Wildman–Crippen MR) is 138 cm³/mol. The number of alkyl halides is 3. The molecule has 1 aromatic heterocycles. The Morgan fingerprint density at radius 2 is 1.45 bits per heavy atom. The van der Waals surface area contributed by atoms with E-state index in [0.717, 1.165) is 12.1 Å². The van der Waals surface area contributed by atoms with Crippen molar-refractivity contribution in [2.24, 2.45) is 0 Å². The molecule has 0 unspecified atom stereocenters. The number of nitrogens with zero attached hydrogens (tertiary/aromatic N) is 1. The molecule has 2 aromatic carbocycles. The summed E-state index contributed by atoms with van der Waals surface area (Å²) in [7, 11) is 1.49. The molecular weight excluding hydrogens is 561 g/mol. The fraction of sp³-hybridized carbons (Fsp3) is 0.160. The number of amides is 3. The van der Waals surface area contributed by atoms with Gasteiger partial charge >= 0.3 is 24.1 Å². The van der Waals surface area contributed by atoms with Crippen molar-refractivity contribution < 1.29 is 47.3 Å². The van der Waals surface area contributed by atoms with E-state index < -0.39 is 34.7 Å². The third-order valence-corrected chi connectivity index (χ3v) is 4.95. The van der Waals surface area contributed by atoms with Crippen molar-refractivity contribution in [3.8, 4) is 11.5 Å². The quantitative estimate of drug-likeness (QED) is 0.232. The van der Waals surface area contributed by atoms with Crippen LogP contribution in [0.25, 0.3) is 0 Å². The van der Waals surface area contributed by atoms with Gasteiger partial charge in [-0.1, -0.05) is 11.6 Å². The molecule has 15 heteroatoms. The Labute approximate surface area is 229 Å². The zero-order valence-corrected chi connectivity index (χ0v) is 21.3. The van der Waals surface area contributed by atoms with E-state index in [1.54, 1.807) is 30.3 Å². The topological polar surface area (TPSA) is 167 Å². The number of hydrogen-bond acceptors (Lipinski definition) is 6. The van der Waals surface area contributed by atoms with Gasteiger partial charge in [0, 0.05) is 30.7 Å². The standard InChI is InChI=1S/C21H16ClF3N4O3.C4H6O4/c1-26-19(30)18-11-15(8-9-27-18)32-14-5-2-12(3-6-14)28-20(31)29-13-4-7-17(22)16(10-13)21(23,24)25;5-3(6)1-2-4(7)8/h2-11H,1H3,(H,26,30)(H2,28,29,31);1-2H2,(H,5,6)(H,7,8). The predicted octanol–water partition coefficient (Wildman–Crippen LogP) is 5.49. The van der Waals surface area contributed by atoms with Crippen LogP contribution in [-0.2, 0) is 15.8 Å². The average Bonchev–Trinajstić information content (AvgIpc) is 2.89. The number of rotatable bonds is 8. The van der Waals surface area contributed by atoms with Crippen LogP contribution in [0.5, 0.6) is 11.5 Å². The minimum Gasteiger partial charge on any atom is -0.481 e. The van der Waals surface area contributed by atoms with Crippen LogP contribution in [0, 0.1) is 0 Å². The summed E-state index contributed by atoms with van der Waals surface area (Å²) in [4.78, 5) is 47.0. The zero-order chi connectivity index (χ0) is 29.9. The van der Waals surface area contributed by atoms with Gasteiger partial charge in [0.25, 0.3) is 5.91 Å². The number of pyridine rings is 1. The molecule has 0 saturated heterocycles. The van der Waals surface area contributed by atoms with Crippen molar-refractivity contribution >= 4 is 46.9 Å². The van der Waals surface area contributed by atoms with Crippen molar-refractivity contribution in [3.63, 3.8) is 0 Å². The lowest BCUT2D eigenvalue weighted by molar-refractivity contribution is -0.143. The van der Waals surface area contributed by atoms with Crippen molar-refractivity contribution in [1.29, 1.82) is 0 Å². The lowest BCUT2D eigenvalue weighted by Gasteiger charge is -2.12. The van der Waals surface area contributed by atoms with Gasteiger partial charge < -0.3 is 30.9 Å². The van der Waals surface area contributed by atoms with Crippen LogP contribution in [0.3, 0.4) is 0 Å². The van der Waals surface area contributed by atoms with E-state index in [9.17, 15) is 32.3 Å². The molecule has 3 amide bonds. The van der Waals surface area contributed by atoms with Crippen LogP contribution in [0.1, 0.15) is 28.9 Å². The van der Waals surface area contributed by atoms with Crippen molar-refractivity contribution in [2.75, 3.05) is 17.7 Å². The number of carbonyl (C=O) groups excluding carboxylic acids is 2. The molecule has 0 atom stereocenters. The maximum Gasteiger partial charge on any atom is 0.417 e. The number of halogens is 4. The molecule has 0 aliphatic heterocycles. The van der Waals surface area contributed by atoms with Crippen molar-refractivity contribution in [1.82, 2.24) is 10.3 Å². The second-order valence-electron chi connectivity index (χ2n) is 7.64. The smallest absolute Gasteiger partial charge is 0.417 e. The highest BCUT2D eigenvalue weighted by atomic mass is 35.5. The fourth-order valence-electron chi connectivity index (χ4n) is 2.80. The molecule has 0 aliphatic rings. The van der Waals surface area contributed by atoms with Gasteiger partial charge in [-0.05, 0) is 48.5 Å². The minimum absolute atomic E-state index is 0.0659. The third kappa shape index (κ3) is 10.5. The number of ether oxygens (including phenoxy) is 1. The molecule has 0 saturated carbocycles. The number of urea groups is 1. The normalized spacial score (nSPS) is 10.4. The number of carboxylic acid groups (broad SMARTS) is 2. The second kappa shape index (κ2) is 14.3. The first-order valence-corrected chi connectivity index (χ1v) is 11.5. The van der Waals surface area contributed by atoms with Crippen LogP contribution in [0.15, 0.2) is 60.8 Å². The number of nitrogens with one attached hydrogen (secondary N) is 3. The first-order chi connectivity index (χ1) is 18.8. The first kappa shape index (κ1) is 31.4. The number of anilines is 2. The highest BCUT2D eigenvalue weighted by Crippen LogP contribution is 2.36. The fourth-order valence-corrected chi connectivity index (χ4v) is 3.02. The third-order valence-electron chi connectivity index (χ3n) is 4.62. The summed E-state index contributed by atoms with van der Waals surface area (Å²) in [6.07, 6.45) is -3.80. The van der Waals surface area contributed by atoms with Gasteiger partial charge in [-0.2, -0.15) is 13.2 Å². The van der Waals surface area contributed by atoms with Crippen LogP contribution < -0.4 is 20.7 Å². The Balaban J connectivity index is 0.000000611. The van der Waals surface area contributed by atoms with E-state index in [1.165, 1.54) is 25.4 Å². The summed E-state index contributed by atoms with van der Waals surface area (Å²) in [6, 6.07) is 11.6. The van der Waals surface area contributed by atoms with E-state index in [2.05, 4.69) is 20.9 Å². The van der Waals surface area contributed by atoms with E-state index in [-0.39, 0.29) is 30.1 Å². The molecule has 11 nitrogen and oxygen atoms in total. The molecule has 212 valence electrons. The van der Waals surface area contributed by atoms with Gasteiger partial charge in [-0.3, -0.25) is 19.4 Å². The Morgan fingerprint density at radius 1 is 0.875 bits per heavy atom. The van der Waals surface area contributed by atoms with Gasteiger partial charge in [0.15, 0.2) is 0 Å². The summed E-state index contributed by atoms with van der Waals surface area (Å²) in [6.45, 7) is 0. The maximum atomic E-state index is 12.9. The summed E-state index contributed by atoms with van der Waals surface area (Å²) >= 11 is 5.57. The summed E-state index contributed by atoms with van der Waals surface area (Å²) in [5.74, 6) is -1.69. The summed E-state index contributed by atoms with van der Waals surface area (Å²) in [5, 5.41) is 22.6. The van der Waals surface area contributed by atoms with E-state index >= 15 is 0 Å². The highest BCUT2D eigenvalue weighted by molar-refractivity contribution is 6.31. The van der Waals surface area contributed by atoms with Crippen LogP contribution in [-0.4, -0.2) is 46.1 Å². The lowest BCUT2D eigenvalue weighted by Crippen LogP contribution is -2.19. The molecule has 0 fully saturated rings. The summed E-state index contributed by atoms with van der Waals surface area (Å²) in [5.41, 5.74) is -0.547. The number of carboxylic acids is 2. The Hall–Kier alpha value is -4.85. The van der Waals surface area contributed by atoms with Crippen molar-refractivity contribution in [2.45, 2.75) is 19.0 Å². The summed E-state index contributed by atoms with van der Waals surface area (Å²) < 4.78 is 44.5. The van der Waals surface area contributed by atoms with E-state index in [0.29, 0.717) is 17.2 Å². The van der Waals surface area contributed by atoms with E-state index in [4.69, 9.17) is 26.6 Å². The molecule has 0 spiro atoms. The van der Waals surface area contributed by atoms with Gasteiger partial charge in [-0.25, -0.2) is 4.79 Å². The molecular formula is C25H22ClF3N4O7. The second-order valence-corrected chi connectivity index (χ2v) is 8.05. The Kier molecular flexibility index (Phi) is 11.2. The average molecular weight is 583 g/mol. The number of aromatic nitrogens is 1. The minimum atomic E-state index is -4.64. The van der Waals surface area contributed by atoms with Crippen molar-refractivity contribution in [3.05, 3.63) is 77.1 Å². The molecule has 0 aliphatic carbocycles. The number of benzene rings is 2. The number of carbonyl (C=O) groups is 4. The van der Waals surface area contributed by atoms with Gasteiger partial charge in [-0.15, -0.1) is 0 Å². The van der Waals surface area contributed by atoms with Gasteiger partial charge in [0.2, 0.25) is 0 Å². The highest BCUT2D eigenvalue weighted by Gasteiger charge is 2.33. The van der Waals surface area contributed by atoms with Gasteiger partial charge in [0.1, 0.15) is 17.2 Å². The molecule has 3 rings (SSSR count). The molecule has 0 radical (unpaired) electrons.